The lowest BCUT2D eigenvalue weighted by molar-refractivity contribution is -0.131. The zero-order valence-corrected chi connectivity index (χ0v) is 11.6. The van der Waals surface area contributed by atoms with Crippen LogP contribution in [0.25, 0.3) is 0 Å². The molecule has 6 heteroatoms. The van der Waals surface area contributed by atoms with Crippen molar-refractivity contribution in [1.82, 2.24) is 20.1 Å². The van der Waals surface area contributed by atoms with Crippen molar-refractivity contribution < 1.29 is 4.79 Å². The van der Waals surface area contributed by atoms with E-state index in [1.54, 1.807) is 0 Å². The van der Waals surface area contributed by atoms with Crippen LogP contribution in [-0.2, 0) is 4.79 Å². The van der Waals surface area contributed by atoms with Crippen LogP contribution in [-0.4, -0.2) is 45.6 Å². The quantitative estimate of drug-likeness (QED) is 0.886. The molecule has 1 aromatic heterocycles. The minimum absolute atomic E-state index is 0.212. The normalized spacial score (nSPS) is 15.4. The van der Waals surface area contributed by atoms with Crippen molar-refractivity contribution in [2.24, 2.45) is 0 Å². The molecule has 0 aliphatic carbocycles. The van der Waals surface area contributed by atoms with Crippen LogP contribution in [0.5, 0.6) is 0 Å². The van der Waals surface area contributed by atoms with Gasteiger partial charge in [0.2, 0.25) is 11.9 Å². The van der Waals surface area contributed by atoms with Crippen LogP contribution in [0.2, 0.25) is 0 Å². The molecule has 1 amide bonds. The molecule has 0 atom stereocenters. The van der Waals surface area contributed by atoms with E-state index in [-0.39, 0.29) is 5.91 Å². The molecule has 104 valence electrons. The molecular formula is C13H21N5O. The van der Waals surface area contributed by atoms with E-state index in [2.05, 4.69) is 20.5 Å². The van der Waals surface area contributed by atoms with Gasteiger partial charge in [0.05, 0.1) is 11.4 Å². The Bertz CT molecular complexity index is 443. The van der Waals surface area contributed by atoms with Crippen LogP contribution in [0.15, 0.2) is 0 Å². The van der Waals surface area contributed by atoms with E-state index in [9.17, 15) is 4.79 Å². The largest absolute Gasteiger partial charge is 0.352 e. The van der Waals surface area contributed by atoms with E-state index in [1.165, 1.54) is 6.42 Å². The molecule has 1 N–H and O–H groups in total. The van der Waals surface area contributed by atoms with E-state index in [0.717, 1.165) is 37.3 Å². The molecule has 0 radical (unpaired) electrons. The molecule has 0 saturated carbocycles. The maximum atomic E-state index is 11.9. The van der Waals surface area contributed by atoms with Crippen molar-refractivity contribution in [3.05, 3.63) is 11.4 Å². The van der Waals surface area contributed by atoms with Gasteiger partial charge in [0, 0.05) is 26.1 Å². The average molecular weight is 263 g/mol. The highest BCUT2D eigenvalue weighted by molar-refractivity contribution is 5.76. The highest BCUT2D eigenvalue weighted by atomic mass is 16.2. The predicted molar refractivity (Wildman–Crippen MR) is 72.8 cm³/mol. The lowest BCUT2D eigenvalue weighted by Gasteiger charge is -2.26. The van der Waals surface area contributed by atoms with Crippen LogP contribution in [0.4, 0.5) is 5.95 Å². The zero-order valence-electron chi connectivity index (χ0n) is 11.6. The Hall–Kier alpha value is -1.72. The van der Waals surface area contributed by atoms with E-state index < -0.39 is 0 Å². The Kier molecular flexibility index (Phi) is 4.65. The summed E-state index contributed by atoms with van der Waals surface area (Å²) in [6.07, 6.45) is 3.98. The summed E-state index contributed by atoms with van der Waals surface area (Å²) in [7, 11) is 0. The molecule has 1 fully saturated rings. The van der Waals surface area contributed by atoms with Gasteiger partial charge in [-0.1, -0.05) is 0 Å². The second-order valence-corrected chi connectivity index (χ2v) is 4.92. The summed E-state index contributed by atoms with van der Waals surface area (Å²) in [5.41, 5.74) is 1.69. The summed E-state index contributed by atoms with van der Waals surface area (Å²) in [6.45, 7) is 6.13. The monoisotopic (exact) mass is 263 g/mol. The third-order valence-electron chi connectivity index (χ3n) is 3.42. The number of hydrogen-bond acceptors (Lipinski definition) is 5. The van der Waals surface area contributed by atoms with Crippen molar-refractivity contribution in [2.45, 2.75) is 39.5 Å². The average Bonchev–Trinajstić information content (AvgIpc) is 2.43. The molecule has 1 aliphatic rings. The summed E-state index contributed by atoms with van der Waals surface area (Å²) in [6, 6.07) is 0. The molecule has 0 spiro atoms. The van der Waals surface area contributed by atoms with Crippen molar-refractivity contribution in [3.8, 4) is 0 Å². The fourth-order valence-electron chi connectivity index (χ4n) is 2.11. The first-order valence-corrected chi connectivity index (χ1v) is 6.86. The molecule has 2 rings (SSSR count). The Labute approximate surface area is 113 Å². The Balaban J connectivity index is 1.76. The topological polar surface area (TPSA) is 71.0 Å². The number of carbonyl (C=O) groups excluding carboxylic acids is 1. The Morgan fingerprint density at radius 2 is 1.89 bits per heavy atom. The molecule has 19 heavy (non-hydrogen) atoms. The van der Waals surface area contributed by atoms with Gasteiger partial charge in [0.25, 0.3) is 0 Å². The smallest absolute Gasteiger partial charge is 0.242 e. The van der Waals surface area contributed by atoms with Crippen molar-refractivity contribution in [3.63, 3.8) is 0 Å². The number of nitrogens with zero attached hydrogens (tertiary/aromatic N) is 4. The highest BCUT2D eigenvalue weighted by Crippen LogP contribution is 2.10. The Morgan fingerprint density at radius 1 is 1.16 bits per heavy atom. The van der Waals surface area contributed by atoms with Gasteiger partial charge in [0.1, 0.15) is 0 Å². The van der Waals surface area contributed by atoms with Crippen LogP contribution < -0.4 is 5.32 Å². The molecule has 1 aliphatic heterocycles. The molecule has 1 saturated heterocycles. The van der Waals surface area contributed by atoms with Gasteiger partial charge in [-0.25, -0.2) is 4.98 Å². The molecule has 2 heterocycles. The fraction of sp³-hybridized carbons (Fsp3) is 0.692. The number of anilines is 1. The zero-order chi connectivity index (χ0) is 13.7. The molecule has 0 aromatic carbocycles. The first-order valence-electron chi connectivity index (χ1n) is 6.86. The summed E-state index contributed by atoms with van der Waals surface area (Å²) >= 11 is 0. The molecule has 0 bridgehead atoms. The van der Waals surface area contributed by atoms with Gasteiger partial charge in [-0.05, 0) is 33.1 Å². The molecule has 1 aromatic rings. The minimum atomic E-state index is 0.212. The Morgan fingerprint density at radius 3 is 2.58 bits per heavy atom. The van der Waals surface area contributed by atoms with Gasteiger partial charge in [-0.15, -0.1) is 5.10 Å². The fourth-order valence-corrected chi connectivity index (χ4v) is 2.11. The van der Waals surface area contributed by atoms with Crippen LogP contribution in [0.1, 0.15) is 37.1 Å². The van der Waals surface area contributed by atoms with Gasteiger partial charge in [-0.2, -0.15) is 5.10 Å². The van der Waals surface area contributed by atoms with Crippen LogP contribution in [0.3, 0.4) is 0 Å². The third kappa shape index (κ3) is 3.87. The van der Waals surface area contributed by atoms with Crippen LogP contribution in [0, 0.1) is 13.8 Å². The number of aryl methyl sites for hydroxylation is 2. The number of aromatic nitrogens is 3. The first kappa shape index (κ1) is 13.7. The second-order valence-electron chi connectivity index (χ2n) is 4.92. The highest BCUT2D eigenvalue weighted by Gasteiger charge is 2.15. The van der Waals surface area contributed by atoms with Crippen LogP contribution >= 0.6 is 0 Å². The van der Waals surface area contributed by atoms with Crippen molar-refractivity contribution in [2.75, 3.05) is 25.0 Å². The lowest BCUT2D eigenvalue weighted by Crippen LogP contribution is -2.36. The number of carbonyl (C=O) groups is 1. The third-order valence-corrected chi connectivity index (χ3v) is 3.42. The molecule has 6 nitrogen and oxygen atoms in total. The number of nitrogens with one attached hydrogen (secondary N) is 1. The van der Waals surface area contributed by atoms with Crippen molar-refractivity contribution in [1.29, 1.82) is 0 Å². The van der Waals surface area contributed by atoms with Gasteiger partial charge >= 0.3 is 0 Å². The SMILES string of the molecule is Cc1nnc(NCCC(=O)N2CCCCC2)nc1C. The summed E-state index contributed by atoms with van der Waals surface area (Å²) in [4.78, 5) is 18.2. The lowest BCUT2D eigenvalue weighted by atomic mass is 10.1. The summed E-state index contributed by atoms with van der Waals surface area (Å²) < 4.78 is 0. The van der Waals surface area contributed by atoms with E-state index in [0.29, 0.717) is 18.9 Å². The first-order chi connectivity index (χ1) is 9.16. The van der Waals surface area contributed by atoms with Gasteiger partial charge < -0.3 is 10.2 Å². The standard InChI is InChI=1S/C13H21N5O/c1-10-11(2)16-17-13(15-10)14-7-6-12(19)18-8-4-3-5-9-18/h3-9H2,1-2H3,(H,14,15,17). The number of amides is 1. The van der Waals surface area contributed by atoms with E-state index in [1.807, 2.05) is 18.7 Å². The van der Waals surface area contributed by atoms with Crippen molar-refractivity contribution >= 4 is 11.9 Å². The maximum absolute atomic E-state index is 11.9. The maximum Gasteiger partial charge on any atom is 0.242 e. The predicted octanol–water partition coefficient (Wildman–Crippen LogP) is 1.30. The summed E-state index contributed by atoms with van der Waals surface area (Å²) in [5, 5.41) is 11.0. The van der Waals surface area contributed by atoms with E-state index >= 15 is 0 Å². The van der Waals surface area contributed by atoms with Gasteiger partial charge in [0.15, 0.2) is 0 Å². The minimum Gasteiger partial charge on any atom is -0.352 e. The number of rotatable bonds is 4. The summed E-state index contributed by atoms with van der Waals surface area (Å²) in [5.74, 6) is 0.707. The second kappa shape index (κ2) is 6.45. The number of piperidine rings is 1. The van der Waals surface area contributed by atoms with Gasteiger partial charge in [-0.3, -0.25) is 4.79 Å². The molecular weight excluding hydrogens is 242 g/mol. The number of hydrogen-bond donors (Lipinski definition) is 1. The molecule has 0 unspecified atom stereocenters. The van der Waals surface area contributed by atoms with E-state index in [4.69, 9.17) is 0 Å². The number of likely N-dealkylation sites (tertiary alicyclic amines) is 1.